The van der Waals surface area contributed by atoms with Crippen LogP contribution < -0.4 is 10.9 Å². The van der Waals surface area contributed by atoms with Gasteiger partial charge in [0.25, 0.3) is 5.56 Å². The first-order chi connectivity index (χ1) is 13.2. The van der Waals surface area contributed by atoms with Crippen LogP contribution in [0.25, 0.3) is 22.0 Å². The average molecular weight is 356 g/mol. The molecule has 2 aromatic carbocycles. The van der Waals surface area contributed by atoms with E-state index in [-0.39, 0.29) is 18.0 Å². The number of benzene rings is 2. The van der Waals surface area contributed by atoms with E-state index >= 15 is 0 Å². The molecular weight excluding hydrogens is 340 g/mol. The van der Waals surface area contributed by atoms with Crippen LogP contribution in [-0.2, 0) is 11.3 Å². The van der Waals surface area contributed by atoms with Crippen molar-refractivity contribution in [3.63, 3.8) is 0 Å². The molecule has 0 unspecified atom stereocenters. The minimum absolute atomic E-state index is 0.166. The second-order valence-electron chi connectivity index (χ2n) is 6.03. The number of nitrogens with zero attached hydrogens (tertiary/aromatic N) is 3. The van der Waals surface area contributed by atoms with E-state index in [1.54, 1.807) is 30.6 Å². The fourth-order valence-corrected chi connectivity index (χ4v) is 2.90. The maximum absolute atomic E-state index is 12.5. The Hall–Kier alpha value is -3.80. The van der Waals surface area contributed by atoms with Gasteiger partial charge < -0.3 is 5.32 Å². The van der Waals surface area contributed by atoms with Gasteiger partial charge in [0.2, 0.25) is 5.91 Å². The third kappa shape index (κ3) is 3.59. The Bertz CT molecular complexity index is 1160. The number of pyridine rings is 1. The highest BCUT2D eigenvalue weighted by atomic mass is 16.2. The molecule has 4 rings (SSSR count). The summed E-state index contributed by atoms with van der Waals surface area (Å²) < 4.78 is 1.16. The molecule has 27 heavy (non-hydrogen) atoms. The molecule has 6 heteroatoms. The molecule has 1 amide bonds. The van der Waals surface area contributed by atoms with Gasteiger partial charge in [0.15, 0.2) is 0 Å². The normalized spacial score (nSPS) is 10.7. The van der Waals surface area contributed by atoms with E-state index in [0.29, 0.717) is 11.4 Å². The first-order valence-corrected chi connectivity index (χ1v) is 8.47. The van der Waals surface area contributed by atoms with Crippen LogP contribution in [0.2, 0.25) is 0 Å². The Kier molecular flexibility index (Phi) is 4.45. The van der Waals surface area contributed by atoms with Crippen molar-refractivity contribution in [1.29, 1.82) is 0 Å². The number of aromatic nitrogens is 3. The molecule has 0 aliphatic carbocycles. The summed E-state index contributed by atoms with van der Waals surface area (Å²) >= 11 is 0. The van der Waals surface area contributed by atoms with Crippen LogP contribution in [0.4, 0.5) is 5.69 Å². The Morgan fingerprint density at radius 2 is 1.70 bits per heavy atom. The molecular formula is C21H16N4O2. The van der Waals surface area contributed by atoms with Crippen molar-refractivity contribution in [2.75, 3.05) is 5.32 Å². The summed E-state index contributed by atoms with van der Waals surface area (Å²) in [6, 6.07) is 20.1. The minimum Gasteiger partial charge on any atom is -0.324 e. The zero-order valence-corrected chi connectivity index (χ0v) is 14.4. The molecule has 0 saturated carbocycles. The molecule has 0 bridgehead atoms. The third-order valence-corrected chi connectivity index (χ3v) is 4.20. The molecule has 132 valence electrons. The molecule has 1 N–H and O–H groups in total. The predicted molar refractivity (Wildman–Crippen MR) is 104 cm³/mol. The molecule has 6 nitrogen and oxygen atoms in total. The van der Waals surface area contributed by atoms with Gasteiger partial charge in [0.05, 0.1) is 5.69 Å². The SMILES string of the molecule is O=C(Cn1nc(-c2ccncc2)ccc1=O)Nc1cccc2ccccc12. The molecule has 0 radical (unpaired) electrons. The summed E-state index contributed by atoms with van der Waals surface area (Å²) in [4.78, 5) is 28.6. The van der Waals surface area contributed by atoms with Crippen molar-refractivity contribution in [3.8, 4) is 11.3 Å². The van der Waals surface area contributed by atoms with Gasteiger partial charge in [0.1, 0.15) is 6.54 Å². The van der Waals surface area contributed by atoms with Gasteiger partial charge in [-0.05, 0) is 29.7 Å². The zero-order valence-electron chi connectivity index (χ0n) is 14.4. The fourth-order valence-electron chi connectivity index (χ4n) is 2.90. The molecule has 0 aliphatic heterocycles. The second kappa shape index (κ2) is 7.21. The average Bonchev–Trinajstić information content (AvgIpc) is 2.70. The number of fused-ring (bicyclic) bond motifs is 1. The van der Waals surface area contributed by atoms with Crippen LogP contribution in [0.15, 0.2) is 83.9 Å². The van der Waals surface area contributed by atoms with Crippen LogP contribution in [0, 0.1) is 0 Å². The summed E-state index contributed by atoms with van der Waals surface area (Å²) in [5.41, 5.74) is 1.81. The Morgan fingerprint density at radius 1 is 0.926 bits per heavy atom. The van der Waals surface area contributed by atoms with E-state index in [1.807, 2.05) is 42.5 Å². The third-order valence-electron chi connectivity index (χ3n) is 4.20. The Balaban J connectivity index is 1.59. The molecule has 0 saturated heterocycles. The summed E-state index contributed by atoms with van der Waals surface area (Å²) in [7, 11) is 0. The van der Waals surface area contributed by atoms with E-state index < -0.39 is 0 Å². The van der Waals surface area contributed by atoms with E-state index in [9.17, 15) is 9.59 Å². The quantitative estimate of drug-likeness (QED) is 0.610. The molecule has 4 aromatic rings. The molecule has 0 spiro atoms. The molecule has 0 aliphatic rings. The maximum Gasteiger partial charge on any atom is 0.267 e. The lowest BCUT2D eigenvalue weighted by Gasteiger charge is -2.10. The highest BCUT2D eigenvalue weighted by Gasteiger charge is 2.10. The topological polar surface area (TPSA) is 76.9 Å². The predicted octanol–water partition coefficient (Wildman–Crippen LogP) is 3.10. The zero-order chi connectivity index (χ0) is 18.6. The smallest absolute Gasteiger partial charge is 0.267 e. The first kappa shape index (κ1) is 16.7. The van der Waals surface area contributed by atoms with E-state index in [2.05, 4.69) is 15.4 Å². The summed E-state index contributed by atoms with van der Waals surface area (Å²) in [6.45, 7) is -0.166. The van der Waals surface area contributed by atoms with Gasteiger partial charge in [-0.25, -0.2) is 4.68 Å². The highest BCUT2D eigenvalue weighted by molar-refractivity contribution is 6.01. The standard InChI is InChI=1S/C21H16N4O2/c26-20(23-19-7-3-5-15-4-1-2-6-17(15)19)14-25-21(27)9-8-18(24-25)16-10-12-22-13-11-16/h1-13H,14H2,(H,23,26). The van der Waals surface area contributed by atoms with Gasteiger partial charge in [-0.2, -0.15) is 5.10 Å². The van der Waals surface area contributed by atoms with Gasteiger partial charge in [-0.3, -0.25) is 14.6 Å². The van der Waals surface area contributed by atoms with Crippen molar-refractivity contribution in [3.05, 3.63) is 89.5 Å². The number of rotatable bonds is 4. The summed E-state index contributed by atoms with van der Waals surface area (Å²) in [5.74, 6) is -0.312. The Labute approximate surface area is 155 Å². The number of hydrogen-bond acceptors (Lipinski definition) is 4. The highest BCUT2D eigenvalue weighted by Crippen LogP contribution is 2.22. The van der Waals surface area contributed by atoms with Crippen LogP contribution in [0.5, 0.6) is 0 Å². The Morgan fingerprint density at radius 3 is 2.56 bits per heavy atom. The summed E-state index contributed by atoms with van der Waals surface area (Å²) in [5, 5.41) is 9.15. The number of nitrogens with one attached hydrogen (secondary N) is 1. The van der Waals surface area contributed by atoms with Crippen molar-refractivity contribution in [2.24, 2.45) is 0 Å². The minimum atomic E-state index is -0.333. The van der Waals surface area contributed by atoms with E-state index in [0.717, 1.165) is 21.0 Å². The maximum atomic E-state index is 12.5. The van der Waals surface area contributed by atoms with Crippen molar-refractivity contribution in [1.82, 2.24) is 14.8 Å². The number of amides is 1. The molecule has 0 atom stereocenters. The fraction of sp³-hybridized carbons (Fsp3) is 0.0476. The lowest BCUT2D eigenvalue weighted by Crippen LogP contribution is -2.29. The molecule has 2 heterocycles. The van der Waals surface area contributed by atoms with E-state index in [1.165, 1.54) is 6.07 Å². The lowest BCUT2D eigenvalue weighted by atomic mass is 10.1. The summed E-state index contributed by atoms with van der Waals surface area (Å²) in [6.07, 6.45) is 3.30. The lowest BCUT2D eigenvalue weighted by molar-refractivity contribution is -0.117. The number of carbonyl (C=O) groups excluding carboxylic acids is 1. The van der Waals surface area contributed by atoms with Gasteiger partial charge in [-0.15, -0.1) is 0 Å². The molecule has 0 fully saturated rings. The van der Waals surface area contributed by atoms with Gasteiger partial charge in [0, 0.05) is 35.1 Å². The van der Waals surface area contributed by atoms with Crippen LogP contribution in [-0.4, -0.2) is 20.7 Å². The number of anilines is 1. The number of carbonyl (C=O) groups is 1. The monoisotopic (exact) mass is 356 g/mol. The van der Waals surface area contributed by atoms with Crippen LogP contribution in [0.1, 0.15) is 0 Å². The number of hydrogen-bond donors (Lipinski definition) is 1. The van der Waals surface area contributed by atoms with Crippen molar-refractivity contribution < 1.29 is 4.79 Å². The van der Waals surface area contributed by atoms with E-state index in [4.69, 9.17) is 0 Å². The van der Waals surface area contributed by atoms with Crippen molar-refractivity contribution in [2.45, 2.75) is 6.54 Å². The van der Waals surface area contributed by atoms with Crippen LogP contribution >= 0.6 is 0 Å². The molecule has 2 aromatic heterocycles. The van der Waals surface area contributed by atoms with Crippen molar-refractivity contribution >= 4 is 22.4 Å². The van der Waals surface area contributed by atoms with Gasteiger partial charge in [-0.1, -0.05) is 36.4 Å². The largest absolute Gasteiger partial charge is 0.324 e. The van der Waals surface area contributed by atoms with Gasteiger partial charge >= 0.3 is 0 Å². The second-order valence-corrected chi connectivity index (χ2v) is 6.03. The van der Waals surface area contributed by atoms with Crippen LogP contribution in [0.3, 0.4) is 0 Å². The first-order valence-electron chi connectivity index (χ1n) is 8.47.